The van der Waals surface area contributed by atoms with Gasteiger partial charge in [0.1, 0.15) is 0 Å². The van der Waals surface area contributed by atoms with Crippen molar-refractivity contribution >= 4 is 5.97 Å². The van der Waals surface area contributed by atoms with Crippen molar-refractivity contribution in [2.24, 2.45) is 0 Å². The van der Waals surface area contributed by atoms with Crippen molar-refractivity contribution in [3.63, 3.8) is 0 Å². The molecule has 0 unspecified atom stereocenters. The highest BCUT2D eigenvalue weighted by Gasteiger charge is 1.94. The highest BCUT2D eigenvalue weighted by molar-refractivity contribution is 5.66. The molecule has 0 saturated carbocycles. The van der Waals surface area contributed by atoms with Crippen molar-refractivity contribution in [2.45, 2.75) is 32.1 Å². The molecule has 0 saturated heterocycles. The van der Waals surface area contributed by atoms with Gasteiger partial charge in [-0.1, -0.05) is 31.2 Å². The summed E-state index contributed by atoms with van der Waals surface area (Å²) in [5.41, 5.74) is 0. The van der Waals surface area contributed by atoms with Crippen LogP contribution in [0.4, 0.5) is 0 Å². The van der Waals surface area contributed by atoms with Gasteiger partial charge in [-0.2, -0.15) is 0 Å². The normalized spacial score (nSPS) is 10.3. The van der Waals surface area contributed by atoms with Gasteiger partial charge in [-0.3, -0.25) is 4.79 Å². The van der Waals surface area contributed by atoms with Gasteiger partial charge in [0.05, 0.1) is 0 Å². The maximum absolute atomic E-state index is 10.1. The summed E-state index contributed by atoms with van der Waals surface area (Å²) in [5, 5.41) is 8.33. The van der Waals surface area contributed by atoms with Gasteiger partial charge in [-0.05, 0) is 19.3 Å². The first-order valence-electron chi connectivity index (χ1n) is 4.26. The minimum Gasteiger partial charge on any atom is -0.481 e. The Morgan fingerprint density at radius 3 is 2.67 bits per heavy atom. The summed E-state index contributed by atoms with van der Waals surface area (Å²) < 4.78 is 0. The summed E-state index contributed by atoms with van der Waals surface area (Å²) >= 11 is 0. The first-order valence-corrected chi connectivity index (χ1v) is 4.26. The van der Waals surface area contributed by atoms with E-state index in [1.54, 1.807) is 6.08 Å². The molecule has 2 nitrogen and oxygen atoms in total. The van der Waals surface area contributed by atoms with Crippen LogP contribution >= 0.6 is 0 Å². The molecule has 12 heavy (non-hydrogen) atoms. The molecule has 0 aromatic rings. The van der Waals surface area contributed by atoms with Crippen molar-refractivity contribution < 1.29 is 9.90 Å². The number of allylic oxidation sites excluding steroid dienone is 3. The third-order valence-electron chi connectivity index (χ3n) is 1.53. The third kappa shape index (κ3) is 8.95. The molecule has 0 amide bonds. The van der Waals surface area contributed by atoms with Crippen LogP contribution in [0.5, 0.6) is 0 Å². The number of rotatable bonds is 7. The Kier molecular flexibility index (Phi) is 7.35. The van der Waals surface area contributed by atoms with E-state index < -0.39 is 5.97 Å². The summed E-state index contributed by atoms with van der Waals surface area (Å²) in [4.78, 5) is 10.1. The van der Waals surface area contributed by atoms with Crippen LogP contribution in [0.15, 0.2) is 24.8 Å². The molecule has 0 heterocycles. The fourth-order valence-electron chi connectivity index (χ4n) is 0.908. The molecule has 0 atom stereocenters. The van der Waals surface area contributed by atoms with Crippen LogP contribution in [0, 0.1) is 0 Å². The number of unbranched alkanes of at least 4 members (excludes halogenated alkanes) is 3. The van der Waals surface area contributed by atoms with Gasteiger partial charge in [0.25, 0.3) is 0 Å². The summed E-state index contributed by atoms with van der Waals surface area (Å²) in [6.45, 7) is 3.55. The average molecular weight is 168 g/mol. The van der Waals surface area contributed by atoms with Gasteiger partial charge in [0, 0.05) is 6.42 Å². The van der Waals surface area contributed by atoms with Crippen molar-refractivity contribution in [1.82, 2.24) is 0 Å². The lowest BCUT2D eigenvalue weighted by Crippen LogP contribution is -1.93. The second-order valence-electron chi connectivity index (χ2n) is 2.66. The number of carboxylic acids is 1. The summed E-state index contributed by atoms with van der Waals surface area (Å²) in [7, 11) is 0. The quantitative estimate of drug-likeness (QED) is 0.469. The number of carboxylic acid groups (broad SMARTS) is 1. The fourth-order valence-corrected chi connectivity index (χ4v) is 0.908. The number of carbonyl (C=O) groups is 1. The molecule has 0 rings (SSSR count). The minimum atomic E-state index is -0.698. The van der Waals surface area contributed by atoms with Gasteiger partial charge >= 0.3 is 5.97 Å². The zero-order valence-corrected chi connectivity index (χ0v) is 7.33. The van der Waals surface area contributed by atoms with Crippen LogP contribution in [0.2, 0.25) is 0 Å². The minimum absolute atomic E-state index is 0.297. The molecule has 0 bridgehead atoms. The van der Waals surface area contributed by atoms with Gasteiger partial charge < -0.3 is 5.11 Å². The van der Waals surface area contributed by atoms with Gasteiger partial charge in [-0.25, -0.2) is 0 Å². The van der Waals surface area contributed by atoms with E-state index in [0.29, 0.717) is 6.42 Å². The zero-order valence-electron chi connectivity index (χ0n) is 7.33. The van der Waals surface area contributed by atoms with Crippen molar-refractivity contribution in [2.75, 3.05) is 0 Å². The fraction of sp³-hybridized carbons (Fsp3) is 0.500. The van der Waals surface area contributed by atoms with Crippen LogP contribution in [-0.4, -0.2) is 11.1 Å². The van der Waals surface area contributed by atoms with Gasteiger partial charge in [0.15, 0.2) is 0 Å². The average Bonchev–Trinajstić information content (AvgIpc) is 2.02. The first-order chi connectivity index (χ1) is 5.77. The lowest BCUT2D eigenvalue weighted by molar-refractivity contribution is -0.137. The van der Waals surface area contributed by atoms with Crippen LogP contribution in [0.25, 0.3) is 0 Å². The monoisotopic (exact) mass is 168 g/mol. The topological polar surface area (TPSA) is 37.3 Å². The van der Waals surface area contributed by atoms with E-state index in [1.165, 1.54) is 0 Å². The molecule has 68 valence electrons. The molecular formula is C10H16O2. The molecule has 0 spiro atoms. The Balaban J connectivity index is 3.05. The molecular weight excluding hydrogens is 152 g/mol. The second kappa shape index (κ2) is 8.05. The van der Waals surface area contributed by atoms with E-state index in [0.717, 1.165) is 25.7 Å². The van der Waals surface area contributed by atoms with E-state index in [2.05, 4.69) is 6.58 Å². The van der Waals surface area contributed by atoms with Crippen molar-refractivity contribution in [3.05, 3.63) is 24.8 Å². The molecule has 0 fully saturated rings. The highest BCUT2D eigenvalue weighted by atomic mass is 16.4. The molecule has 2 heteroatoms. The second-order valence-corrected chi connectivity index (χ2v) is 2.66. The Morgan fingerprint density at radius 2 is 2.08 bits per heavy atom. The van der Waals surface area contributed by atoms with Crippen LogP contribution in [0.3, 0.4) is 0 Å². The van der Waals surface area contributed by atoms with E-state index in [1.807, 2.05) is 12.2 Å². The van der Waals surface area contributed by atoms with Crippen molar-refractivity contribution in [1.29, 1.82) is 0 Å². The maximum Gasteiger partial charge on any atom is 0.303 e. The largest absolute Gasteiger partial charge is 0.481 e. The molecule has 0 aromatic heterocycles. The number of aliphatic carboxylic acids is 1. The molecule has 0 aliphatic rings. The summed E-state index contributed by atoms with van der Waals surface area (Å²) in [5.74, 6) is -0.698. The van der Waals surface area contributed by atoms with Crippen LogP contribution in [-0.2, 0) is 4.79 Å². The van der Waals surface area contributed by atoms with E-state index >= 15 is 0 Å². The Labute approximate surface area is 73.6 Å². The van der Waals surface area contributed by atoms with E-state index in [4.69, 9.17) is 5.11 Å². The van der Waals surface area contributed by atoms with Crippen molar-refractivity contribution in [3.8, 4) is 0 Å². The molecule has 0 aliphatic carbocycles. The van der Waals surface area contributed by atoms with Crippen LogP contribution < -0.4 is 0 Å². The van der Waals surface area contributed by atoms with Gasteiger partial charge in [0.2, 0.25) is 0 Å². The Morgan fingerprint density at radius 1 is 1.33 bits per heavy atom. The smallest absolute Gasteiger partial charge is 0.303 e. The predicted molar refractivity (Wildman–Crippen MR) is 50.1 cm³/mol. The molecule has 0 aliphatic heterocycles. The molecule has 1 N–H and O–H groups in total. The third-order valence-corrected chi connectivity index (χ3v) is 1.53. The predicted octanol–water partition coefficient (Wildman–Crippen LogP) is 2.76. The lowest BCUT2D eigenvalue weighted by Gasteiger charge is -1.94. The Bertz CT molecular complexity index is 159. The van der Waals surface area contributed by atoms with Crippen LogP contribution in [0.1, 0.15) is 32.1 Å². The zero-order chi connectivity index (χ0) is 9.23. The van der Waals surface area contributed by atoms with Gasteiger partial charge in [-0.15, -0.1) is 0 Å². The summed E-state index contributed by atoms with van der Waals surface area (Å²) in [6, 6.07) is 0. The van der Waals surface area contributed by atoms with E-state index in [-0.39, 0.29) is 0 Å². The number of hydrogen-bond acceptors (Lipinski definition) is 1. The molecule has 0 radical (unpaired) electrons. The SMILES string of the molecule is C=C/C=C\CCCCCC(=O)O. The Hall–Kier alpha value is -1.05. The lowest BCUT2D eigenvalue weighted by atomic mass is 10.1. The summed E-state index contributed by atoms with van der Waals surface area (Å²) in [6.07, 6.45) is 9.88. The molecule has 0 aromatic carbocycles. The standard InChI is InChI=1S/C10H16O2/c1-2-3-4-5-6-7-8-9-10(11)12/h2-4H,1,5-9H2,(H,11,12)/b4-3-. The van der Waals surface area contributed by atoms with E-state index in [9.17, 15) is 4.79 Å². The highest BCUT2D eigenvalue weighted by Crippen LogP contribution is 2.03. The number of hydrogen-bond donors (Lipinski definition) is 1. The first kappa shape index (κ1) is 11.0. The maximum atomic E-state index is 10.1.